The number of azide groups is 1. The molecule has 0 radical (unpaired) electrons. The Morgan fingerprint density at radius 3 is 2.53 bits per heavy atom. The highest BCUT2D eigenvalue weighted by Crippen LogP contribution is 2.21. The van der Waals surface area contributed by atoms with E-state index in [-0.39, 0.29) is 13.2 Å². The summed E-state index contributed by atoms with van der Waals surface area (Å²) in [5.41, 5.74) is 8.03. The maximum Gasteiger partial charge on any atom is 0.186 e. The first kappa shape index (κ1) is 14.1. The van der Waals surface area contributed by atoms with Crippen molar-refractivity contribution in [1.29, 1.82) is 0 Å². The first-order valence-corrected chi connectivity index (χ1v) is 5.04. The Bertz CT molecular complexity index is 282. The zero-order valence-electron chi connectivity index (χ0n) is 8.96. The number of aliphatic hydroxyl groups is 4. The predicted molar refractivity (Wildman–Crippen MR) is 53.7 cm³/mol. The van der Waals surface area contributed by atoms with Crippen molar-refractivity contribution in [2.24, 2.45) is 5.11 Å². The van der Waals surface area contributed by atoms with E-state index in [0.29, 0.717) is 0 Å². The Balaban J connectivity index is 2.50. The van der Waals surface area contributed by atoms with Crippen molar-refractivity contribution in [3.8, 4) is 0 Å². The van der Waals surface area contributed by atoms with E-state index < -0.39 is 37.3 Å². The van der Waals surface area contributed by atoms with Gasteiger partial charge in [0.25, 0.3) is 0 Å². The summed E-state index contributed by atoms with van der Waals surface area (Å²) >= 11 is 0. The molecular formula is C8H15N3O6. The predicted octanol–water partition coefficient (Wildman–Crippen LogP) is -1.89. The monoisotopic (exact) mass is 249 g/mol. The summed E-state index contributed by atoms with van der Waals surface area (Å²) in [6.45, 7) is -0.473. The topological polar surface area (TPSA) is 148 Å². The first-order valence-electron chi connectivity index (χ1n) is 5.04. The summed E-state index contributed by atoms with van der Waals surface area (Å²) in [5, 5.41) is 40.5. The third-order valence-corrected chi connectivity index (χ3v) is 2.39. The average molecular weight is 249 g/mol. The van der Waals surface area contributed by atoms with Crippen LogP contribution in [0.1, 0.15) is 0 Å². The fourth-order valence-electron chi connectivity index (χ4n) is 1.46. The Labute approximate surface area is 96.8 Å². The minimum atomic E-state index is -1.47. The molecule has 2 unspecified atom stereocenters. The van der Waals surface area contributed by atoms with Gasteiger partial charge in [0.2, 0.25) is 0 Å². The molecule has 9 nitrogen and oxygen atoms in total. The summed E-state index contributed by atoms with van der Waals surface area (Å²) in [6, 6.07) is 0. The standard InChI is InChI=1S/C8H15N3O6/c9-11-10-1-2-16-8-7(15)6(14)5(13)4(3-12)17-8/h4-8,12-15H,1-3H2/t4?,5-,6-,7?,8+/m0/s1. The molecule has 0 amide bonds. The molecule has 1 saturated heterocycles. The fraction of sp³-hybridized carbons (Fsp3) is 1.00. The molecule has 1 heterocycles. The summed E-state index contributed by atoms with van der Waals surface area (Å²) in [4.78, 5) is 2.51. The van der Waals surface area contributed by atoms with Crippen LogP contribution >= 0.6 is 0 Å². The number of hydrogen-bond donors (Lipinski definition) is 4. The van der Waals surface area contributed by atoms with Gasteiger partial charge in [-0.25, -0.2) is 0 Å². The van der Waals surface area contributed by atoms with Crippen LogP contribution in [-0.2, 0) is 9.47 Å². The van der Waals surface area contributed by atoms with Crippen LogP contribution in [0.3, 0.4) is 0 Å². The van der Waals surface area contributed by atoms with Crippen LogP contribution in [0, 0.1) is 0 Å². The van der Waals surface area contributed by atoms with Gasteiger partial charge >= 0.3 is 0 Å². The molecule has 98 valence electrons. The van der Waals surface area contributed by atoms with Crippen molar-refractivity contribution < 1.29 is 29.9 Å². The molecule has 0 saturated carbocycles. The maximum absolute atomic E-state index is 9.53. The van der Waals surface area contributed by atoms with Crippen LogP contribution in [0.2, 0.25) is 0 Å². The first-order chi connectivity index (χ1) is 8.11. The van der Waals surface area contributed by atoms with Crippen LogP contribution in [0.25, 0.3) is 10.4 Å². The smallest absolute Gasteiger partial charge is 0.186 e. The number of nitrogens with zero attached hydrogens (tertiary/aromatic N) is 3. The molecule has 1 aliphatic heterocycles. The van der Waals surface area contributed by atoms with E-state index in [0.717, 1.165) is 0 Å². The van der Waals surface area contributed by atoms with Gasteiger partial charge in [0.15, 0.2) is 6.29 Å². The van der Waals surface area contributed by atoms with Crippen LogP contribution in [0.5, 0.6) is 0 Å². The third-order valence-electron chi connectivity index (χ3n) is 2.39. The zero-order chi connectivity index (χ0) is 12.8. The molecule has 0 aliphatic carbocycles. The summed E-state index contributed by atoms with van der Waals surface area (Å²) in [5.74, 6) is 0. The largest absolute Gasteiger partial charge is 0.394 e. The highest BCUT2D eigenvalue weighted by atomic mass is 16.7. The number of rotatable bonds is 5. The Hall–Kier alpha value is -0.930. The molecule has 0 bridgehead atoms. The van der Waals surface area contributed by atoms with E-state index >= 15 is 0 Å². The summed E-state index contributed by atoms with van der Waals surface area (Å²) in [6.07, 6.45) is -6.49. The third kappa shape index (κ3) is 3.51. The lowest BCUT2D eigenvalue weighted by Crippen LogP contribution is -2.59. The lowest BCUT2D eigenvalue weighted by atomic mass is 9.99. The van der Waals surface area contributed by atoms with Crippen LogP contribution < -0.4 is 0 Å². The molecule has 1 aliphatic rings. The number of aliphatic hydroxyl groups excluding tert-OH is 4. The van der Waals surface area contributed by atoms with E-state index in [9.17, 15) is 15.3 Å². The van der Waals surface area contributed by atoms with Gasteiger partial charge < -0.3 is 29.9 Å². The van der Waals surface area contributed by atoms with Gasteiger partial charge in [-0.3, -0.25) is 0 Å². The van der Waals surface area contributed by atoms with Crippen LogP contribution in [0.15, 0.2) is 5.11 Å². The highest BCUT2D eigenvalue weighted by molar-refractivity contribution is 4.88. The minimum absolute atomic E-state index is 0.00719. The van der Waals surface area contributed by atoms with Crippen LogP contribution in [0.4, 0.5) is 0 Å². The van der Waals surface area contributed by atoms with E-state index in [1.807, 2.05) is 0 Å². The number of ether oxygens (including phenoxy) is 2. The van der Waals surface area contributed by atoms with Crippen LogP contribution in [-0.4, -0.2) is 70.9 Å². The maximum atomic E-state index is 9.53. The molecule has 17 heavy (non-hydrogen) atoms. The number of hydrogen-bond acceptors (Lipinski definition) is 7. The van der Waals surface area contributed by atoms with Gasteiger partial charge in [0.1, 0.15) is 24.4 Å². The van der Waals surface area contributed by atoms with E-state index in [4.69, 9.17) is 20.1 Å². The van der Waals surface area contributed by atoms with E-state index in [2.05, 4.69) is 10.0 Å². The molecule has 4 N–H and O–H groups in total. The second-order valence-corrected chi connectivity index (χ2v) is 3.52. The van der Waals surface area contributed by atoms with Crippen molar-refractivity contribution in [1.82, 2.24) is 0 Å². The molecule has 0 spiro atoms. The SMILES string of the molecule is [N-]=[N+]=NCCO[C@@H]1OC(CO)[C@H](O)[C@H](O)C1O. The fourth-order valence-corrected chi connectivity index (χ4v) is 1.46. The van der Waals surface area contributed by atoms with Gasteiger partial charge in [-0.05, 0) is 5.53 Å². The lowest BCUT2D eigenvalue weighted by molar-refractivity contribution is -0.300. The lowest BCUT2D eigenvalue weighted by Gasteiger charge is -2.39. The van der Waals surface area contributed by atoms with Crippen molar-refractivity contribution in [2.45, 2.75) is 30.7 Å². The van der Waals surface area contributed by atoms with Crippen molar-refractivity contribution in [3.05, 3.63) is 10.4 Å². The molecule has 1 fully saturated rings. The molecule has 9 heteroatoms. The molecular weight excluding hydrogens is 234 g/mol. The Morgan fingerprint density at radius 2 is 1.94 bits per heavy atom. The normalized spacial score (nSPS) is 37.5. The quantitative estimate of drug-likeness (QED) is 0.194. The van der Waals surface area contributed by atoms with Gasteiger partial charge in [-0.2, -0.15) is 0 Å². The summed E-state index contributed by atoms with van der Waals surface area (Å²) in [7, 11) is 0. The van der Waals surface area contributed by atoms with Gasteiger partial charge in [-0.1, -0.05) is 5.11 Å². The molecule has 0 aromatic heterocycles. The van der Waals surface area contributed by atoms with Crippen molar-refractivity contribution >= 4 is 0 Å². The highest BCUT2D eigenvalue weighted by Gasteiger charge is 2.43. The van der Waals surface area contributed by atoms with Gasteiger partial charge in [0.05, 0.1) is 13.2 Å². The molecule has 1 rings (SSSR count). The Kier molecular flexibility index (Phi) is 5.59. The summed E-state index contributed by atoms with van der Waals surface area (Å²) < 4.78 is 10.1. The minimum Gasteiger partial charge on any atom is -0.394 e. The average Bonchev–Trinajstić information content (AvgIpc) is 2.34. The van der Waals surface area contributed by atoms with E-state index in [1.165, 1.54) is 0 Å². The van der Waals surface area contributed by atoms with Crippen molar-refractivity contribution in [2.75, 3.05) is 19.8 Å². The Morgan fingerprint density at radius 1 is 1.24 bits per heavy atom. The van der Waals surface area contributed by atoms with Crippen molar-refractivity contribution in [3.63, 3.8) is 0 Å². The van der Waals surface area contributed by atoms with Gasteiger partial charge in [-0.15, -0.1) is 0 Å². The van der Waals surface area contributed by atoms with E-state index in [1.54, 1.807) is 0 Å². The zero-order valence-corrected chi connectivity index (χ0v) is 8.96. The molecule has 0 aromatic carbocycles. The van der Waals surface area contributed by atoms with Gasteiger partial charge in [0, 0.05) is 11.5 Å². The second-order valence-electron chi connectivity index (χ2n) is 3.52. The molecule has 5 atom stereocenters. The second kappa shape index (κ2) is 6.72. The molecule has 0 aromatic rings.